The zero-order chi connectivity index (χ0) is 18.6. The van der Waals surface area contributed by atoms with Gasteiger partial charge in [0.25, 0.3) is 0 Å². The third-order valence-corrected chi connectivity index (χ3v) is 4.57. The first-order valence-electron chi connectivity index (χ1n) is 8.73. The molecule has 3 aromatic rings. The van der Waals surface area contributed by atoms with Gasteiger partial charge in [0, 0.05) is 56.4 Å². The Labute approximate surface area is 168 Å². The lowest BCUT2D eigenvalue weighted by Gasteiger charge is -2.17. The molecule has 3 heterocycles. The number of hydrogen-bond acceptors (Lipinski definition) is 6. The summed E-state index contributed by atoms with van der Waals surface area (Å²) in [4.78, 5) is 20.9. The molecule has 0 spiro atoms. The second-order valence-electron chi connectivity index (χ2n) is 6.48. The standard InChI is InChI=1S/C19H20N6O2.ClH/c1-25-12-13(8-23-25)16-9-21-10-17(16)19(26)24-14-3-2-4-15(7-14)27-18-11-20-5-6-22-18;/h2-8,11-12,16-17,21H,9-10H2,1H3,(H,24,26);1H/t16-,17+;/m1./s1. The number of halogens is 1. The smallest absolute Gasteiger partial charge is 0.237 e. The molecule has 4 rings (SSSR count). The summed E-state index contributed by atoms with van der Waals surface area (Å²) in [6.07, 6.45) is 8.47. The normalized spacial score (nSPS) is 18.3. The van der Waals surface area contributed by atoms with Gasteiger partial charge in [-0.1, -0.05) is 6.07 Å². The van der Waals surface area contributed by atoms with Crippen molar-refractivity contribution in [1.82, 2.24) is 25.1 Å². The number of rotatable bonds is 5. The van der Waals surface area contributed by atoms with Crippen LogP contribution in [0.4, 0.5) is 5.69 Å². The van der Waals surface area contributed by atoms with E-state index in [1.807, 2.05) is 31.6 Å². The number of benzene rings is 1. The minimum atomic E-state index is -0.154. The summed E-state index contributed by atoms with van der Waals surface area (Å²) in [6.45, 7) is 1.40. The number of hydrogen-bond donors (Lipinski definition) is 2. The molecule has 2 atom stereocenters. The van der Waals surface area contributed by atoms with Crippen LogP contribution < -0.4 is 15.4 Å². The second kappa shape index (κ2) is 8.81. The average molecular weight is 401 g/mol. The van der Waals surface area contributed by atoms with Crippen LogP contribution in [-0.4, -0.2) is 38.7 Å². The molecule has 1 aliphatic heterocycles. The molecule has 9 heteroatoms. The highest BCUT2D eigenvalue weighted by Crippen LogP contribution is 2.29. The summed E-state index contributed by atoms with van der Waals surface area (Å²) in [6, 6.07) is 7.24. The number of nitrogens with one attached hydrogen (secondary N) is 2. The number of carbonyl (C=O) groups is 1. The molecule has 1 amide bonds. The lowest BCUT2D eigenvalue weighted by Crippen LogP contribution is -2.28. The van der Waals surface area contributed by atoms with Crippen LogP contribution in [0.3, 0.4) is 0 Å². The molecular formula is C19H21ClN6O2. The van der Waals surface area contributed by atoms with E-state index in [1.165, 1.54) is 6.20 Å². The fourth-order valence-electron chi connectivity index (χ4n) is 3.27. The van der Waals surface area contributed by atoms with Crippen molar-refractivity contribution >= 4 is 24.0 Å². The Morgan fingerprint density at radius 2 is 2.18 bits per heavy atom. The van der Waals surface area contributed by atoms with Crippen molar-refractivity contribution < 1.29 is 9.53 Å². The van der Waals surface area contributed by atoms with Crippen LogP contribution in [0.1, 0.15) is 11.5 Å². The van der Waals surface area contributed by atoms with Gasteiger partial charge in [-0.15, -0.1) is 12.4 Å². The molecule has 0 radical (unpaired) electrons. The molecule has 8 nitrogen and oxygen atoms in total. The molecule has 0 unspecified atom stereocenters. The molecule has 0 saturated carbocycles. The monoisotopic (exact) mass is 400 g/mol. The van der Waals surface area contributed by atoms with Crippen LogP contribution in [0.2, 0.25) is 0 Å². The number of aryl methyl sites for hydroxylation is 1. The SMILES string of the molecule is Cl.Cn1cc([C@H]2CNC[C@@H]2C(=O)Nc2cccc(Oc3cnccn3)c2)cn1. The van der Waals surface area contributed by atoms with E-state index in [2.05, 4.69) is 25.7 Å². The zero-order valence-electron chi connectivity index (χ0n) is 15.3. The van der Waals surface area contributed by atoms with E-state index in [0.29, 0.717) is 23.9 Å². The van der Waals surface area contributed by atoms with E-state index in [9.17, 15) is 4.79 Å². The number of aromatic nitrogens is 4. The second-order valence-corrected chi connectivity index (χ2v) is 6.48. The molecule has 1 saturated heterocycles. The van der Waals surface area contributed by atoms with Crippen LogP contribution >= 0.6 is 12.4 Å². The first-order chi connectivity index (χ1) is 13.2. The van der Waals surface area contributed by atoms with Gasteiger partial charge >= 0.3 is 0 Å². The maximum atomic E-state index is 12.8. The molecule has 0 aliphatic carbocycles. The summed E-state index contributed by atoms with van der Waals surface area (Å²) in [5.74, 6) is 0.918. The van der Waals surface area contributed by atoms with Crippen molar-refractivity contribution in [2.45, 2.75) is 5.92 Å². The Hall–Kier alpha value is -2.97. The highest BCUT2D eigenvalue weighted by atomic mass is 35.5. The maximum absolute atomic E-state index is 12.8. The number of amides is 1. The number of ether oxygens (including phenoxy) is 1. The van der Waals surface area contributed by atoms with E-state index in [4.69, 9.17) is 4.74 Å². The summed E-state index contributed by atoms with van der Waals surface area (Å²) >= 11 is 0. The number of anilines is 1. The van der Waals surface area contributed by atoms with E-state index < -0.39 is 0 Å². The number of nitrogens with zero attached hydrogens (tertiary/aromatic N) is 4. The van der Waals surface area contributed by atoms with E-state index in [1.54, 1.807) is 29.2 Å². The van der Waals surface area contributed by atoms with Crippen molar-refractivity contribution in [3.63, 3.8) is 0 Å². The zero-order valence-corrected chi connectivity index (χ0v) is 16.1. The fraction of sp³-hybridized carbons (Fsp3) is 0.263. The minimum absolute atomic E-state index is 0. The van der Waals surface area contributed by atoms with Gasteiger partial charge in [0.15, 0.2) is 0 Å². The topological polar surface area (TPSA) is 94.0 Å². The van der Waals surface area contributed by atoms with Gasteiger partial charge in [-0.3, -0.25) is 14.5 Å². The van der Waals surface area contributed by atoms with Gasteiger partial charge in [-0.05, 0) is 17.7 Å². The quantitative estimate of drug-likeness (QED) is 0.682. The third-order valence-electron chi connectivity index (χ3n) is 4.57. The molecule has 1 aliphatic rings. The fourth-order valence-corrected chi connectivity index (χ4v) is 3.27. The molecular weight excluding hydrogens is 380 g/mol. The van der Waals surface area contributed by atoms with Crippen molar-refractivity contribution in [1.29, 1.82) is 0 Å². The predicted molar refractivity (Wildman–Crippen MR) is 107 cm³/mol. The number of carbonyl (C=O) groups excluding carboxylic acids is 1. The van der Waals surface area contributed by atoms with Crippen LogP contribution in [0.5, 0.6) is 11.6 Å². The highest BCUT2D eigenvalue weighted by molar-refractivity contribution is 5.93. The molecule has 28 heavy (non-hydrogen) atoms. The van der Waals surface area contributed by atoms with Gasteiger partial charge in [-0.2, -0.15) is 5.10 Å². The van der Waals surface area contributed by atoms with Gasteiger partial charge in [0.2, 0.25) is 11.8 Å². The van der Waals surface area contributed by atoms with Crippen LogP contribution in [-0.2, 0) is 11.8 Å². The first-order valence-corrected chi connectivity index (χ1v) is 8.73. The van der Waals surface area contributed by atoms with Crippen LogP contribution in [0.15, 0.2) is 55.2 Å². The van der Waals surface area contributed by atoms with Gasteiger partial charge in [0.05, 0.1) is 18.3 Å². The van der Waals surface area contributed by atoms with E-state index >= 15 is 0 Å². The largest absolute Gasteiger partial charge is 0.437 e. The van der Waals surface area contributed by atoms with Gasteiger partial charge in [-0.25, -0.2) is 4.98 Å². The Balaban J connectivity index is 0.00000225. The van der Waals surface area contributed by atoms with Crippen molar-refractivity contribution in [3.05, 3.63) is 60.8 Å². The van der Waals surface area contributed by atoms with Gasteiger partial charge in [0.1, 0.15) is 5.75 Å². The maximum Gasteiger partial charge on any atom is 0.237 e. The van der Waals surface area contributed by atoms with Crippen LogP contribution in [0, 0.1) is 5.92 Å². The first kappa shape index (κ1) is 19.8. The van der Waals surface area contributed by atoms with E-state index in [-0.39, 0.29) is 30.2 Å². The summed E-state index contributed by atoms with van der Waals surface area (Å²) in [5, 5.41) is 10.5. The predicted octanol–water partition coefficient (Wildman–Crippen LogP) is 2.37. The van der Waals surface area contributed by atoms with Crippen LogP contribution in [0.25, 0.3) is 0 Å². The van der Waals surface area contributed by atoms with Gasteiger partial charge < -0.3 is 15.4 Å². The third kappa shape index (κ3) is 4.47. The van der Waals surface area contributed by atoms with E-state index in [0.717, 1.165) is 12.1 Å². The molecule has 1 aromatic carbocycles. The van der Waals surface area contributed by atoms with Crippen molar-refractivity contribution in [2.24, 2.45) is 13.0 Å². The molecule has 0 bridgehead atoms. The summed E-state index contributed by atoms with van der Waals surface area (Å²) < 4.78 is 7.43. The van der Waals surface area contributed by atoms with Crippen molar-refractivity contribution in [3.8, 4) is 11.6 Å². The Morgan fingerprint density at radius 1 is 1.29 bits per heavy atom. The molecule has 1 fully saturated rings. The Kier molecular flexibility index (Phi) is 6.23. The van der Waals surface area contributed by atoms with Crippen molar-refractivity contribution in [2.75, 3.05) is 18.4 Å². The highest BCUT2D eigenvalue weighted by Gasteiger charge is 2.34. The Bertz CT molecular complexity index is 933. The minimum Gasteiger partial charge on any atom is -0.437 e. The summed E-state index contributed by atoms with van der Waals surface area (Å²) in [7, 11) is 1.88. The molecule has 2 aromatic heterocycles. The average Bonchev–Trinajstić information content (AvgIpc) is 3.31. The lowest BCUT2D eigenvalue weighted by molar-refractivity contribution is -0.119. The molecule has 2 N–H and O–H groups in total. The Morgan fingerprint density at radius 3 is 2.93 bits per heavy atom. The molecule has 146 valence electrons. The lowest BCUT2D eigenvalue weighted by atomic mass is 9.90. The summed E-state index contributed by atoms with van der Waals surface area (Å²) in [5.41, 5.74) is 1.75.